The van der Waals surface area contributed by atoms with E-state index in [-0.39, 0.29) is 5.91 Å². The van der Waals surface area contributed by atoms with Gasteiger partial charge < -0.3 is 25.5 Å². The molecule has 2 rings (SSSR count). The molecule has 0 fully saturated rings. The number of aliphatic imine (C=N–C) groups is 1. The van der Waals surface area contributed by atoms with Crippen LogP contribution in [0.5, 0.6) is 0 Å². The molecule has 2 heterocycles. The minimum absolute atomic E-state index is 0.113. The molecule has 1 amide bonds. The second-order valence-corrected chi connectivity index (χ2v) is 5.96. The van der Waals surface area contributed by atoms with E-state index in [1.165, 1.54) is 18.3 Å². The van der Waals surface area contributed by atoms with Crippen LogP contribution in [0.15, 0.2) is 21.5 Å². The number of thiazole rings is 1. The molecule has 0 saturated heterocycles. The van der Waals surface area contributed by atoms with Gasteiger partial charge in [0, 0.05) is 27.2 Å². The lowest BCUT2D eigenvalue weighted by atomic mass is 10.3. The molecule has 2 aromatic rings. The fraction of sp³-hybridized carbons (Fsp3) is 0.400. The van der Waals surface area contributed by atoms with Crippen molar-refractivity contribution in [3.05, 3.63) is 17.9 Å². The number of nitrogen functional groups attached to an aromatic ring is 1. The Kier molecular flexibility index (Phi) is 6.76. The van der Waals surface area contributed by atoms with Gasteiger partial charge in [-0.05, 0) is 18.6 Å². The van der Waals surface area contributed by atoms with Crippen LogP contribution in [-0.2, 0) is 16.1 Å². The molecule has 2 aromatic heterocycles. The lowest BCUT2D eigenvalue weighted by Crippen LogP contribution is -2.18. The van der Waals surface area contributed by atoms with Gasteiger partial charge in [0.25, 0.3) is 0 Å². The summed E-state index contributed by atoms with van der Waals surface area (Å²) in [6, 6.07) is 3.59. The number of nitrogens with one attached hydrogen (secondary N) is 2. The Morgan fingerprint density at radius 1 is 1.54 bits per heavy atom. The van der Waals surface area contributed by atoms with Crippen LogP contribution in [0.1, 0.15) is 19.1 Å². The van der Waals surface area contributed by atoms with E-state index in [0.717, 1.165) is 11.4 Å². The lowest BCUT2D eigenvalue weighted by molar-refractivity contribution is -0.119. The zero-order chi connectivity index (χ0) is 17.4. The lowest BCUT2D eigenvalue weighted by Gasteiger charge is -2.00. The van der Waals surface area contributed by atoms with Crippen molar-refractivity contribution in [3.63, 3.8) is 0 Å². The first-order chi connectivity index (χ1) is 11.6. The van der Waals surface area contributed by atoms with E-state index < -0.39 is 0 Å². The molecule has 9 heteroatoms. The van der Waals surface area contributed by atoms with Crippen LogP contribution < -0.4 is 16.4 Å². The maximum atomic E-state index is 11.0. The molecule has 0 aliphatic heterocycles. The van der Waals surface area contributed by atoms with E-state index in [0.29, 0.717) is 42.0 Å². The first-order valence-corrected chi connectivity index (χ1v) is 8.25. The monoisotopic (exact) mass is 351 g/mol. The van der Waals surface area contributed by atoms with Gasteiger partial charge >= 0.3 is 0 Å². The number of carbonyl (C=O) groups excluding carboxylic acids is 1. The number of ether oxygens (including phenoxy) is 1. The summed E-state index contributed by atoms with van der Waals surface area (Å²) in [5, 5.41) is 6.95. The molecule has 4 N–H and O–H groups in total. The van der Waals surface area contributed by atoms with Gasteiger partial charge in [-0.2, -0.15) is 0 Å². The fourth-order valence-electron chi connectivity index (χ4n) is 1.88. The van der Waals surface area contributed by atoms with Crippen molar-refractivity contribution in [2.75, 3.05) is 31.3 Å². The molecule has 0 aliphatic rings. The third-order valence-electron chi connectivity index (χ3n) is 2.97. The summed E-state index contributed by atoms with van der Waals surface area (Å²) in [5.41, 5.74) is 6.42. The van der Waals surface area contributed by atoms with Crippen LogP contribution in [0, 0.1) is 0 Å². The van der Waals surface area contributed by atoms with Crippen molar-refractivity contribution in [2.45, 2.75) is 19.9 Å². The largest absolute Gasteiger partial charge is 0.457 e. The molecule has 0 atom stereocenters. The maximum absolute atomic E-state index is 11.0. The van der Waals surface area contributed by atoms with Crippen LogP contribution in [-0.4, -0.2) is 37.5 Å². The molecule has 0 spiro atoms. The van der Waals surface area contributed by atoms with Gasteiger partial charge in [0.05, 0.1) is 12.9 Å². The van der Waals surface area contributed by atoms with Crippen molar-refractivity contribution in [2.24, 2.45) is 4.99 Å². The summed E-state index contributed by atoms with van der Waals surface area (Å²) in [6.45, 7) is 3.14. The third-order valence-corrected chi connectivity index (χ3v) is 3.79. The molecule has 0 unspecified atom stereocenters. The highest BCUT2D eigenvalue weighted by atomic mass is 32.1. The number of carbonyl (C=O) groups is 1. The molecule has 130 valence electrons. The van der Waals surface area contributed by atoms with Gasteiger partial charge in [0.15, 0.2) is 10.9 Å². The summed E-state index contributed by atoms with van der Waals surface area (Å²) in [7, 11) is 1.66. The number of nitrogens with zero attached hydrogens (tertiary/aromatic N) is 2. The van der Waals surface area contributed by atoms with E-state index in [1.54, 1.807) is 25.6 Å². The molecule has 0 radical (unpaired) electrons. The topological polar surface area (TPSA) is 115 Å². The van der Waals surface area contributed by atoms with E-state index in [1.807, 2.05) is 0 Å². The highest BCUT2D eigenvalue weighted by Crippen LogP contribution is 2.35. The number of aromatic nitrogens is 1. The minimum Gasteiger partial charge on any atom is -0.457 e. The molecular weight excluding hydrogens is 330 g/mol. The molecule has 0 aliphatic carbocycles. The average molecular weight is 351 g/mol. The fourth-order valence-corrected chi connectivity index (χ4v) is 2.58. The number of methoxy groups -OCH3 is 1. The van der Waals surface area contributed by atoms with Gasteiger partial charge in [-0.15, -0.1) is 0 Å². The Balaban J connectivity index is 2.01. The number of hydrogen-bond donors (Lipinski definition) is 3. The first kappa shape index (κ1) is 18.0. The molecular formula is C15H21N5O3S. The number of nitrogens with two attached hydrogens (primary N) is 1. The normalized spacial score (nSPS) is 11.1. The zero-order valence-electron chi connectivity index (χ0n) is 13.7. The van der Waals surface area contributed by atoms with Crippen LogP contribution in [0.25, 0.3) is 11.5 Å². The molecule has 0 saturated carbocycles. The SMILES string of the molecule is COCCCN=CNc1sc(N)nc1-c1ccc(CNC(C)=O)o1. The smallest absolute Gasteiger partial charge is 0.217 e. The van der Waals surface area contributed by atoms with Crippen LogP contribution in [0.3, 0.4) is 0 Å². The van der Waals surface area contributed by atoms with Crippen LogP contribution >= 0.6 is 11.3 Å². The molecule has 0 bridgehead atoms. The number of anilines is 2. The number of furan rings is 1. The molecule has 8 nitrogen and oxygen atoms in total. The predicted octanol–water partition coefficient (Wildman–Crippen LogP) is 2.10. The van der Waals surface area contributed by atoms with Crippen molar-refractivity contribution in [3.8, 4) is 11.5 Å². The molecule has 0 aromatic carbocycles. The van der Waals surface area contributed by atoms with Crippen molar-refractivity contribution >= 4 is 33.7 Å². The standard InChI is InChI=1S/C15H21N5O3S/c1-10(21)18-8-11-4-5-12(23-11)13-14(24-15(16)20-13)19-9-17-6-3-7-22-2/h4-5,9H,3,6-8H2,1-2H3,(H2,16,20)(H,17,19)(H,18,21). The number of hydrogen-bond acceptors (Lipinski definition) is 7. The van der Waals surface area contributed by atoms with E-state index in [2.05, 4.69) is 20.6 Å². The van der Waals surface area contributed by atoms with Crippen LogP contribution in [0.4, 0.5) is 10.1 Å². The van der Waals surface area contributed by atoms with E-state index >= 15 is 0 Å². The van der Waals surface area contributed by atoms with Gasteiger partial charge in [0.2, 0.25) is 5.91 Å². The van der Waals surface area contributed by atoms with Crippen molar-refractivity contribution in [1.82, 2.24) is 10.3 Å². The van der Waals surface area contributed by atoms with Crippen LogP contribution in [0.2, 0.25) is 0 Å². The third kappa shape index (κ3) is 5.36. The molecule has 24 heavy (non-hydrogen) atoms. The highest BCUT2D eigenvalue weighted by Gasteiger charge is 2.15. The highest BCUT2D eigenvalue weighted by molar-refractivity contribution is 7.20. The Hall–Kier alpha value is -2.39. The minimum atomic E-state index is -0.113. The van der Waals surface area contributed by atoms with E-state index in [9.17, 15) is 4.79 Å². The van der Waals surface area contributed by atoms with Gasteiger partial charge in [-0.1, -0.05) is 11.3 Å². The summed E-state index contributed by atoms with van der Waals surface area (Å²) in [4.78, 5) is 19.5. The summed E-state index contributed by atoms with van der Waals surface area (Å²) in [6.07, 6.45) is 2.48. The van der Waals surface area contributed by atoms with Crippen molar-refractivity contribution in [1.29, 1.82) is 0 Å². The summed E-state index contributed by atoms with van der Waals surface area (Å²) >= 11 is 1.31. The second-order valence-electron chi connectivity index (χ2n) is 4.93. The predicted molar refractivity (Wildman–Crippen MR) is 95.2 cm³/mol. The van der Waals surface area contributed by atoms with Gasteiger partial charge in [0.1, 0.15) is 16.5 Å². The Morgan fingerprint density at radius 3 is 3.12 bits per heavy atom. The Labute approximate surface area is 144 Å². The second kappa shape index (κ2) is 9.04. The van der Waals surface area contributed by atoms with Gasteiger partial charge in [-0.25, -0.2) is 4.98 Å². The average Bonchev–Trinajstić information content (AvgIpc) is 3.15. The van der Waals surface area contributed by atoms with Crippen molar-refractivity contribution < 1.29 is 13.9 Å². The Morgan fingerprint density at radius 2 is 2.38 bits per heavy atom. The van der Waals surface area contributed by atoms with Gasteiger partial charge in [-0.3, -0.25) is 9.79 Å². The van der Waals surface area contributed by atoms with E-state index in [4.69, 9.17) is 14.9 Å². The maximum Gasteiger partial charge on any atom is 0.217 e. The summed E-state index contributed by atoms with van der Waals surface area (Å²) < 4.78 is 10.7. The Bertz CT molecular complexity index is 695. The quantitative estimate of drug-likeness (QED) is 0.362. The first-order valence-electron chi connectivity index (χ1n) is 7.43. The number of amides is 1. The number of rotatable bonds is 9. The zero-order valence-corrected chi connectivity index (χ0v) is 14.5. The summed E-state index contributed by atoms with van der Waals surface area (Å²) in [5.74, 6) is 1.11.